The van der Waals surface area contributed by atoms with Gasteiger partial charge in [0.2, 0.25) is 0 Å². The molecular formula is C20H23BFNO5. The third-order valence-corrected chi connectivity index (χ3v) is 5.36. The second kappa shape index (κ2) is 7.18. The summed E-state index contributed by atoms with van der Waals surface area (Å²) < 4.78 is 31.4. The summed E-state index contributed by atoms with van der Waals surface area (Å²) in [5, 5.41) is 11.2. The van der Waals surface area contributed by atoms with E-state index in [2.05, 4.69) is 0 Å². The molecule has 0 radical (unpaired) electrons. The minimum absolute atomic E-state index is 0.0958. The van der Waals surface area contributed by atoms with Crippen molar-refractivity contribution in [1.29, 1.82) is 0 Å². The predicted octanol–water partition coefficient (Wildman–Crippen LogP) is 4.17. The molecule has 0 aliphatic carbocycles. The maximum absolute atomic E-state index is 13.2. The van der Waals surface area contributed by atoms with Crippen LogP contribution in [0.2, 0.25) is 0 Å². The third kappa shape index (κ3) is 3.88. The molecule has 1 atom stereocenters. The van der Waals surface area contributed by atoms with Crippen molar-refractivity contribution in [3.8, 4) is 5.75 Å². The maximum atomic E-state index is 13.2. The Kier molecular flexibility index (Phi) is 5.21. The second-order valence-electron chi connectivity index (χ2n) is 7.88. The van der Waals surface area contributed by atoms with Crippen LogP contribution < -0.4 is 10.2 Å². The van der Waals surface area contributed by atoms with Crippen molar-refractivity contribution >= 4 is 18.3 Å². The summed E-state index contributed by atoms with van der Waals surface area (Å²) in [6.45, 7) is 9.51. The van der Waals surface area contributed by atoms with Gasteiger partial charge in [0, 0.05) is 11.5 Å². The molecule has 8 heteroatoms. The number of hydrogen-bond donors (Lipinski definition) is 0. The van der Waals surface area contributed by atoms with E-state index >= 15 is 0 Å². The SMILES string of the molecule is C[C@H](Oc1cc([N+](=O)[O-])ccc1B1OC(C)(C)C(C)(C)O1)c1ccc(F)cc1. The van der Waals surface area contributed by atoms with Gasteiger partial charge in [-0.3, -0.25) is 10.1 Å². The minimum atomic E-state index is -0.721. The smallest absolute Gasteiger partial charge is 0.486 e. The van der Waals surface area contributed by atoms with Crippen LogP contribution in [0.5, 0.6) is 5.75 Å². The van der Waals surface area contributed by atoms with Crippen molar-refractivity contribution in [2.75, 3.05) is 0 Å². The average Bonchev–Trinajstić information content (AvgIpc) is 2.82. The van der Waals surface area contributed by atoms with Gasteiger partial charge in [-0.1, -0.05) is 18.2 Å². The monoisotopic (exact) mass is 387 g/mol. The number of nitro benzene ring substituents is 1. The highest BCUT2D eigenvalue weighted by Crippen LogP contribution is 2.38. The number of non-ortho nitro benzene ring substituents is 1. The van der Waals surface area contributed by atoms with Gasteiger partial charge in [0.25, 0.3) is 5.69 Å². The zero-order chi connectivity index (χ0) is 20.7. The maximum Gasteiger partial charge on any atom is 0.498 e. The first-order chi connectivity index (χ1) is 13.0. The van der Waals surface area contributed by atoms with Crippen molar-refractivity contribution < 1.29 is 23.4 Å². The predicted molar refractivity (Wildman–Crippen MR) is 104 cm³/mol. The van der Waals surface area contributed by atoms with Gasteiger partial charge in [-0.05, 0) is 52.3 Å². The summed E-state index contributed by atoms with van der Waals surface area (Å²) in [7, 11) is -0.721. The molecule has 1 saturated heterocycles. The summed E-state index contributed by atoms with van der Waals surface area (Å²) >= 11 is 0. The van der Waals surface area contributed by atoms with E-state index in [1.54, 1.807) is 25.1 Å². The molecule has 1 aliphatic rings. The Morgan fingerprint density at radius 1 is 1.07 bits per heavy atom. The molecule has 148 valence electrons. The molecule has 0 N–H and O–H groups in total. The molecule has 28 heavy (non-hydrogen) atoms. The first-order valence-corrected chi connectivity index (χ1v) is 9.06. The Morgan fingerprint density at radius 2 is 1.64 bits per heavy atom. The van der Waals surface area contributed by atoms with Gasteiger partial charge in [-0.15, -0.1) is 0 Å². The molecule has 0 saturated carbocycles. The first kappa shape index (κ1) is 20.3. The minimum Gasteiger partial charge on any atom is -0.486 e. The highest BCUT2D eigenvalue weighted by Gasteiger charge is 2.52. The van der Waals surface area contributed by atoms with Crippen molar-refractivity contribution in [2.24, 2.45) is 0 Å². The number of nitro groups is 1. The van der Waals surface area contributed by atoms with Crippen LogP contribution in [-0.2, 0) is 9.31 Å². The first-order valence-electron chi connectivity index (χ1n) is 9.06. The number of nitrogens with zero attached hydrogens (tertiary/aromatic N) is 1. The summed E-state index contributed by atoms with van der Waals surface area (Å²) in [5.41, 5.74) is 0.103. The third-order valence-electron chi connectivity index (χ3n) is 5.36. The molecule has 0 aromatic heterocycles. The summed E-state index contributed by atoms with van der Waals surface area (Å²) in [6, 6.07) is 10.3. The fraction of sp³-hybridized carbons (Fsp3) is 0.400. The van der Waals surface area contributed by atoms with Crippen LogP contribution in [0.3, 0.4) is 0 Å². The Bertz CT molecular complexity index is 869. The average molecular weight is 387 g/mol. The zero-order valence-corrected chi connectivity index (χ0v) is 16.6. The lowest BCUT2D eigenvalue weighted by Gasteiger charge is -2.32. The normalized spacial score (nSPS) is 18.7. The van der Waals surface area contributed by atoms with Crippen LogP contribution in [0.1, 0.15) is 46.3 Å². The zero-order valence-electron chi connectivity index (χ0n) is 16.6. The van der Waals surface area contributed by atoms with Crippen LogP contribution in [0, 0.1) is 15.9 Å². The number of ether oxygens (including phenoxy) is 1. The van der Waals surface area contributed by atoms with E-state index in [-0.39, 0.29) is 11.5 Å². The van der Waals surface area contributed by atoms with Crippen LogP contribution in [0.4, 0.5) is 10.1 Å². The molecule has 6 nitrogen and oxygen atoms in total. The fourth-order valence-electron chi connectivity index (χ4n) is 2.90. The quantitative estimate of drug-likeness (QED) is 0.438. The molecule has 1 aliphatic heterocycles. The highest BCUT2D eigenvalue weighted by molar-refractivity contribution is 6.63. The second-order valence-corrected chi connectivity index (χ2v) is 7.88. The van der Waals surface area contributed by atoms with Gasteiger partial charge in [-0.25, -0.2) is 4.39 Å². The molecule has 1 heterocycles. The van der Waals surface area contributed by atoms with Gasteiger partial charge in [0.15, 0.2) is 0 Å². The standard InChI is InChI=1S/C20H23BFNO5/c1-13(14-6-8-15(22)9-7-14)26-18-12-16(23(24)25)10-11-17(18)21-27-19(2,3)20(4,5)28-21/h6-13H,1-5H3/t13-/m0/s1. The van der Waals surface area contributed by atoms with E-state index in [0.29, 0.717) is 11.2 Å². The van der Waals surface area contributed by atoms with E-state index in [1.165, 1.54) is 24.3 Å². The van der Waals surface area contributed by atoms with Crippen molar-refractivity contribution in [3.05, 3.63) is 64.0 Å². The Balaban J connectivity index is 1.95. The fourth-order valence-corrected chi connectivity index (χ4v) is 2.90. The summed E-state index contributed by atoms with van der Waals surface area (Å²) in [6.07, 6.45) is -0.455. The largest absolute Gasteiger partial charge is 0.498 e. The molecule has 3 rings (SSSR count). The van der Waals surface area contributed by atoms with Gasteiger partial charge in [0.05, 0.1) is 22.2 Å². The Hall–Kier alpha value is -2.45. The molecule has 1 fully saturated rings. The summed E-state index contributed by atoms with van der Waals surface area (Å²) in [4.78, 5) is 10.7. The molecule has 0 amide bonds. The van der Waals surface area contributed by atoms with Crippen LogP contribution >= 0.6 is 0 Å². The highest BCUT2D eigenvalue weighted by atomic mass is 19.1. The lowest BCUT2D eigenvalue weighted by Crippen LogP contribution is -2.41. The Morgan fingerprint density at radius 3 is 2.18 bits per heavy atom. The topological polar surface area (TPSA) is 70.8 Å². The molecule has 0 unspecified atom stereocenters. The lowest BCUT2D eigenvalue weighted by molar-refractivity contribution is -0.384. The number of benzene rings is 2. The van der Waals surface area contributed by atoms with Gasteiger partial charge in [-0.2, -0.15) is 0 Å². The van der Waals surface area contributed by atoms with Gasteiger partial charge < -0.3 is 14.0 Å². The van der Waals surface area contributed by atoms with Crippen LogP contribution in [-0.4, -0.2) is 23.2 Å². The van der Waals surface area contributed by atoms with E-state index in [0.717, 1.165) is 5.56 Å². The number of hydrogen-bond acceptors (Lipinski definition) is 5. The Labute approximate surface area is 163 Å². The molecule has 2 aromatic carbocycles. The number of halogens is 1. The van der Waals surface area contributed by atoms with Crippen molar-refractivity contribution in [2.45, 2.75) is 51.9 Å². The van der Waals surface area contributed by atoms with E-state index in [4.69, 9.17) is 14.0 Å². The van der Waals surface area contributed by atoms with E-state index in [1.807, 2.05) is 27.7 Å². The lowest BCUT2D eigenvalue weighted by atomic mass is 9.78. The molecule has 2 aromatic rings. The van der Waals surface area contributed by atoms with Crippen LogP contribution in [0.15, 0.2) is 42.5 Å². The summed E-state index contributed by atoms with van der Waals surface area (Å²) in [5.74, 6) is -0.0475. The number of rotatable bonds is 5. The molecular weight excluding hydrogens is 364 g/mol. The molecule has 0 bridgehead atoms. The van der Waals surface area contributed by atoms with Crippen molar-refractivity contribution in [1.82, 2.24) is 0 Å². The van der Waals surface area contributed by atoms with E-state index < -0.39 is 29.3 Å². The van der Waals surface area contributed by atoms with Crippen molar-refractivity contribution in [3.63, 3.8) is 0 Å². The van der Waals surface area contributed by atoms with Crippen LogP contribution in [0.25, 0.3) is 0 Å². The molecule has 0 spiro atoms. The van der Waals surface area contributed by atoms with E-state index in [9.17, 15) is 14.5 Å². The van der Waals surface area contributed by atoms with Gasteiger partial charge >= 0.3 is 7.12 Å². The van der Waals surface area contributed by atoms with Gasteiger partial charge in [0.1, 0.15) is 17.7 Å².